The first-order valence-corrected chi connectivity index (χ1v) is 8.63. The first-order chi connectivity index (χ1) is 13.1. The van der Waals surface area contributed by atoms with Crippen molar-refractivity contribution >= 4 is 22.6 Å². The second-order valence-electron chi connectivity index (χ2n) is 5.98. The third-order valence-corrected chi connectivity index (χ3v) is 3.98. The SMILES string of the molecule is CCCCOc1ccc(C(=O)Nc2ccc3oc(C#N)cc(=O)c3c2)cc1. The van der Waals surface area contributed by atoms with Crippen LogP contribution in [-0.4, -0.2) is 12.5 Å². The average molecular weight is 362 g/mol. The number of nitriles is 1. The van der Waals surface area contributed by atoms with Crippen LogP contribution in [0.25, 0.3) is 11.0 Å². The maximum atomic E-state index is 12.4. The topological polar surface area (TPSA) is 92.3 Å². The summed E-state index contributed by atoms with van der Waals surface area (Å²) in [7, 11) is 0. The molecule has 0 saturated heterocycles. The molecule has 3 aromatic rings. The molecule has 0 bridgehead atoms. The van der Waals surface area contributed by atoms with Gasteiger partial charge in [0, 0.05) is 17.3 Å². The van der Waals surface area contributed by atoms with E-state index < -0.39 is 0 Å². The Labute approximate surface area is 156 Å². The molecule has 6 nitrogen and oxygen atoms in total. The van der Waals surface area contributed by atoms with Gasteiger partial charge >= 0.3 is 0 Å². The lowest BCUT2D eigenvalue weighted by Crippen LogP contribution is -2.12. The predicted molar refractivity (Wildman–Crippen MR) is 102 cm³/mol. The van der Waals surface area contributed by atoms with E-state index in [0.29, 0.717) is 28.8 Å². The molecule has 136 valence electrons. The maximum absolute atomic E-state index is 12.4. The minimum absolute atomic E-state index is 0.0504. The summed E-state index contributed by atoms with van der Waals surface area (Å²) < 4.78 is 10.9. The number of amides is 1. The number of carbonyl (C=O) groups is 1. The normalized spacial score (nSPS) is 10.4. The minimum atomic E-state index is -0.336. The zero-order valence-corrected chi connectivity index (χ0v) is 14.8. The van der Waals surface area contributed by atoms with Crippen LogP contribution in [0.5, 0.6) is 5.75 Å². The standard InChI is InChI=1S/C21H18N2O4/c1-2-3-10-26-16-7-4-14(5-8-16)21(25)23-15-6-9-20-18(11-15)19(24)12-17(13-22)27-20/h4-9,11-12H,2-3,10H2,1H3,(H,23,25). The lowest BCUT2D eigenvalue weighted by atomic mass is 10.1. The summed E-state index contributed by atoms with van der Waals surface area (Å²) in [5.41, 5.74) is 0.903. The smallest absolute Gasteiger partial charge is 0.255 e. The highest BCUT2D eigenvalue weighted by Gasteiger charge is 2.09. The van der Waals surface area contributed by atoms with Gasteiger partial charge in [-0.1, -0.05) is 13.3 Å². The zero-order valence-electron chi connectivity index (χ0n) is 14.8. The van der Waals surface area contributed by atoms with Gasteiger partial charge in [0.15, 0.2) is 5.43 Å². The lowest BCUT2D eigenvalue weighted by molar-refractivity contribution is 0.102. The number of ether oxygens (including phenoxy) is 1. The van der Waals surface area contributed by atoms with Crippen LogP contribution < -0.4 is 15.5 Å². The number of rotatable bonds is 6. The van der Waals surface area contributed by atoms with Gasteiger partial charge in [-0.15, -0.1) is 0 Å². The number of fused-ring (bicyclic) bond motifs is 1. The molecule has 27 heavy (non-hydrogen) atoms. The Kier molecular flexibility index (Phi) is 5.53. The van der Waals surface area contributed by atoms with Crippen molar-refractivity contribution in [3.05, 3.63) is 70.1 Å². The number of hydrogen-bond donors (Lipinski definition) is 1. The van der Waals surface area contributed by atoms with Crippen LogP contribution in [0.3, 0.4) is 0 Å². The van der Waals surface area contributed by atoms with Crippen LogP contribution in [0.2, 0.25) is 0 Å². The van der Waals surface area contributed by atoms with E-state index in [9.17, 15) is 9.59 Å². The van der Waals surface area contributed by atoms with E-state index in [2.05, 4.69) is 12.2 Å². The molecule has 1 heterocycles. The Balaban J connectivity index is 1.75. The zero-order chi connectivity index (χ0) is 19.2. The molecular weight excluding hydrogens is 344 g/mol. The van der Waals surface area contributed by atoms with Crippen LogP contribution in [0.4, 0.5) is 5.69 Å². The summed E-state index contributed by atoms with van der Waals surface area (Å²) in [4.78, 5) is 24.5. The Morgan fingerprint density at radius 3 is 2.67 bits per heavy atom. The first-order valence-electron chi connectivity index (χ1n) is 8.63. The van der Waals surface area contributed by atoms with E-state index in [-0.39, 0.29) is 17.1 Å². The Morgan fingerprint density at radius 2 is 1.96 bits per heavy atom. The quantitative estimate of drug-likeness (QED) is 0.667. The van der Waals surface area contributed by atoms with E-state index in [1.165, 1.54) is 6.07 Å². The number of hydrogen-bond acceptors (Lipinski definition) is 5. The van der Waals surface area contributed by atoms with E-state index in [1.807, 2.05) is 0 Å². The first kappa shape index (κ1) is 18.2. The molecule has 0 radical (unpaired) electrons. The molecule has 2 aromatic carbocycles. The lowest BCUT2D eigenvalue weighted by Gasteiger charge is -2.08. The second-order valence-corrected chi connectivity index (χ2v) is 5.98. The largest absolute Gasteiger partial charge is 0.494 e. The van der Waals surface area contributed by atoms with Gasteiger partial charge in [-0.3, -0.25) is 9.59 Å². The molecule has 0 unspecified atom stereocenters. The molecule has 1 amide bonds. The molecular formula is C21H18N2O4. The highest BCUT2D eigenvalue weighted by molar-refractivity contribution is 6.05. The van der Waals surface area contributed by atoms with Gasteiger partial charge in [-0.2, -0.15) is 5.26 Å². The fourth-order valence-electron chi connectivity index (χ4n) is 2.53. The van der Waals surface area contributed by atoms with Gasteiger partial charge in [0.2, 0.25) is 5.76 Å². The molecule has 1 aromatic heterocycles. The number of benzene rings is 2. The van der Waals surface area contributed by atoms with Crippen molar-refractivity contribution in [3.63, 3.8) is 0 Å². The summed E-state index contributed by atoms with van der Waals surface area (Å²) in [5.74, 6) is 0.370. The van der Waals surface area contributed by atoms with Gasteiger partial charge in [0.25, 0.3) is 5.91 Å². The van der Waals surface area contributed by atoms with Crippen molar-refractivity contribution in [2.75, 3.05) is 11.9 Å². The van der Waals surface area contributed by atoms with E-state index in [1.54, 1.807) is 42.5 Å². The highest BCUT2D eigenvalue weighted by Crippen LogP contribution is 2.19. The average Bonchev–Trinajstić information content (AvgIpc) is 2.69. The number of anilines is 1. The van der Waals surface area contributed by atoms with E-state index >= 15 is 0 Å². The summed E-state index contributed by atoms with van der Waals surface area (Å²) in [6.45, 7) is 2.74. The fourth-order valence-corrected chi connectivity index (χ4v) is 2.53. The molecule has 6 heteroatoms. The van der Waals surface area contributed by atoms with Crippen LogP contribution >= 0.6 is 0 Å². The van der Waals surface area contributed by atoms with Crippen molar-refractivity contribution in [2.24, 2.45) is 0 Å². The van der Waals surface area contributed by atoms with E-state index in [4.69, 9.17) is 14.4 Å². The van der Waals surface area contributed by atoms with Crippen LogP contribution in [0.1, 0.15) is 35.9 Å². The number of nitrogens with zero attached hydrogens (tertiary/aromatic N) is 1. The molecule has 3 rings (SSSR count). The van der Waals surface area contributed by atoms with Gasteiger partial charge in [-0.25, -0.2) is 0 Å². The van der Waals surface area contributed by atoms with Gasteiger partial charge < -0.3 is 14.5 Å². The minimum Gasteiger partial charge on any atom is -0.494 e. The monoisotopic (exact) mass is 362 g/mol. The summed E-state index contributed by atoms with van der Waals surface area (Å²) in [5, 5.41) is 11.9. The van der Waals surface area contributed by atoms with Crippen molar-refractivity contribution in [3.8, 4) is 11.8 Å². The van der Waals surface area contributed by atoms with Crippen molar-refractivity contribution in [2.45, 2.75) is 19.8 Å². The number of carbonyl (C=O) groups excluding carboxylic acids is 1. The second kappa shape index (κ2) is 8.19. The molecule has 0 saturated carbocycles. The third-order valence-electron chi connectivity index (χ3n) is 3.98. The summed E-state index contributed by atoms with van der Waals surface area (Å²) in [6, 6.07) is 14.5. The fraction of sp³-hybridized carbons (Fsp3) is 0.190. The molecule has 0 atom stereocenters. The Hall–Kier alpha value is -3.59. The van der Waals surface area contributed by atoms with Crippen LogP contribution in [-0.2, 0) is 0 Å². The number of unbranched alkanes of at least 4 members (excludes halogenated alkanes) is 1. The van der Waals surface area contributed by atoms with Crippen molar-refractivity contribution in [1.29, 1.82) is 5.26 Å². The maximum Gasteiger partial charge on any atom is 0.255 e. The summed E-state index contributed by atoms with van der Waals surface area (Å²) >= 11 is 0. The van der Waals surface area contributed by atoms with E-state index in [0.717, 1.165) is 24.7 Å². The highest BCUT2D eigenvalue weighted by atomic mass is 16.5. The Bertz CT molecular complexity index is 1060. The molecule has 0 spiro atoms. The number of nitrogens with one attached hydrogen (secondary N) is 1. The van der Waals surface area contributed by atoms with Crippen LogP contribution in [0.15, 0.2) is 57.7 Å². The molecule has 1 N–H and O–H groups in total. The molecule has 0 aliphatic rings. The van der Waals surface area contributed by atoms with Crippen molar-refractivity contribution in [1.82, 2.24) is 0 Å². The molecule has 0 aliphatic carbocycles. The predicted octanol–water partition coefficient (Wildman–Crippen LogP) is 4.10. The van der Waals surface area contributed by atoms with Crippen molar-refractivity contribution < 1.29 is 13.9 Å². The third kappa shape index (κ3) is 4.33. The molecule has 0 fully saturated rings. The van der Waals surface area contributed by atoms with Gasteiger partial charge in [0.05, 0.1) is 12.0 Å². The Morgan fingerprint density at radius 1 is 1.19 bits per heavy atom. The van der Waals surface area contributed by atoms with Crippen LogP contribution in [0, 0.1) is 11.3 Å². The molecule has 0 aliphatic heterocycles. The van der Waals surface area contributed by atoms with Gasteiger partial charge in [0.1, 0.15) is 17.4 Å². The summed E-state index contributed by atoms with van der Waals surface area (Å²) in [6.07, 6.45) is 2.04. The van der Waals surface area contributed by atoms with Gasteiger partial charge in [-0.05, 0) is 48.9 Å².